The summed E-state index contributed by atoms with van der Waals surface area (Å²) in [7, 11) is 0.341. The topological polar surface area (TPSA) is 12.0 Å². The monoisotopic (exact) mass is 147 g/mol. The maximum absolute atomic E-state index is 3.38. The number of piperidine rings is 1. The zero-order valence-electron chi connectivity index (χ0n) is 6.35. The fourth-order valence-electron chi connectivity index (χ4n) is 1.32. The first-order valence-corrected chi connectivity index (χ1v) is 5.98. The van der Waals surface area contributed by atoms with Gasteiger partial charge in [-0.3, -0.25) is 10.9 Å². The summed E-state index contributed by atoms with van der Waals surface area (Å²) in [6.07, 6.45) is 7.62. The van der Waals surface area contributed by atoms with Crippen LogP contribution in [-0.2, 0) is 0 Å². The molecule has 1 nitrogen and oxygen atoms in total. The molecule has 2 heteroatoms. The number of thiol groups is 1. The predicted molar refractivity (Wildman–Crippen MR) is 46.7 cm³/mol. The molecule has 1 aliphatic heterocycles. The molecule has 0 unspecified atom stereocenters. The fourth-order valence-corrected chi connectivity index (χ4v) is 2.61. The first-order valence-electron chi connectivity index (χ1n) is 3.68. The van der Waals surface area contributed by atoms with E-state index in [0.717, 1.165) is 5.25 Å². The minimum Gasteiger partial charge on any atom is -0.317 e. The number of nitrogens with one attached hydrogen (secondary N) is 1. The van der Waals surface area contributed by atoms with E-state index in [0.29, 0.717) is 10.9 Å². The number of rotatable bonds is 1. The van der Waals surface area contributed by atoms with Gasteiger partial charge in [-0.15, -0.1) is 0 Å². The Morgan fingerprint density at radius 1 is 1.22 bits per heavy atom. The molecule has 0 saturated carbocycles. The SMILES string of the molecule is C[SH](C)C1CCNCC1. The van der Waals surface area contributed by atoms with E-state index in [9.17, 15) is 0 Å². The zero-order valence-corrected chi connectivity index (χ0v) is 7.25. The third-order valence-electron chi connectivity index (χ3n) is 2.04. The van der Waals surface area contributed by atoms with Gasteiger partial charge in [-0.05, 0) is 43.7 Å². The minimum absolute atomic E-state index is 0.341. The molecule has 0 aliphatic carbocycles. The molecule has 0 spiro atoms. The highest BCUT2D eigenvalue weighted by Crippen LogP contribution is 2.28. The summed E-state index contributed by atoms with van der Waals surface area (Å²) < 4.78 is 0. The van der Waals surface area contributed by atoms with Gasteiger partial charge in [-0.25, -0.2) is 0 Å². The van der Waals surface area contributed by atoms with Crippen LogP contribution in [-0.4, -0.2) is 30.9 Å². The van der Waals surface area contributed by atoms with Crippen LogP contribution in [0, 0.1) is 0 Å². The van der Waals surface area contributed by atoms with E-state index < -0.39 is 0 Å². The van der Waals surface area contributed by atoms with Gasteiger partial charge in [0.2, 0.25) is 0 Å². The van der Waals surface area contributed by atoms with Crippen molar-refractivity contribution in [2.45, 2.75) is 18.1 Å². The molecule has 1 saturated heterocycles. The quantitative estimate of drug-likeness (QED) is 0.527. The van der Waals surface area contributed by atoms with Crippen LogP contribution in [0.2, 0.25) is 0 Å². The molecule has 1 fully saturated rings. The van der Waals surface area contributed by atoms with Crippen LogP contribution in [0.15, 0.2) is 0 Å². The largest absolute Gasteiger partial charge is 0.317 e. The Morgan fingerprint density at radius 3 is 2.11 bits per heavy atom. The lowest BCUT2D eigenvalue weighted by Crippen LogP contribution is -2.30. The standard InChI is InChI=1S/C7H17NS/c1-9(2)7-3-5-8-6-4-7/h7-9H,3-6H2,1-2H3. The average molecular weight is 147 g/mol. The molecule has 0 radical (unpaired) electrons. The summed E-state index contributed by atoms with van der Waals surface area (Å²) in [6, 6.07) is 0. The molecule has 0 atom stereocenters. The highest BCUT2D eigenvalue weighted by molar-refractivity contribution is 8.16. The first-order chi connectivity index (χ1) is 4.30. The van der Waals surface area contributed by atoms with Gasteiger partial charge in [0.1, 0.15) is 0 Å². The fraction of sp³-hybridized carbons (Fsp3) is 1.00. The predicted octanol–water partition coefficient (Wildman–Crippen LogP) is 0.999. The first kappa shape index (κ1) is 7.42. The van der Waals surface area contributed by atoms with Crippen LogP contribution in [0.25, 0.3) is 0 Å². The van der Waals surface area contributed by atoms with E-state index in [4.69, 9.17) is 0 Å². The maximum atomic E-state index is 3.38. The molecule has 1 heterocycles. The smallest absolute Gasteiger partial charge is 0.00390 e. The van der Waals surface area contributed by atoms with Gasteiger partial charge in [-0.1, -0.05) is 0 Å². The molecule has 9 heavy (non-hydrogen) atoms. The molecule has 0 amide bonds. The van der Waals surface area contributed by atoms with E-state index in [-0.39, 0.29) is 0 Å². The van der Waals surface area contributed by atoms with Crippen LogP contribution in [0.4, 0.5) is 0 Å². The van der Waals surface area contributed by atoms with Gasteiger partial charge in [0.05, 0.1) is 0 Å². The zero-order chi connectivity index (χ0) is 6.69. The summed E-state index contributed by atoms with van der Waals surface area (Å²) in [5.41, 5.74) is 0. The molecular formula is C7H17NS. The highest BCUT2D eigenvalue weighted by atomic mass is 32.2. The molecular weight excluding hydrogens is 130 g/mol. The Balaban J connectivity index is 2.23. The molecule has 56 valence electrons. The Hall–Kier alpha value is 0.310. The van der Waals surface area contributed by atoms with E-state index in [1.165, 1.54) is 25.9 Å². The molecule has 0 aromatic carbocycles. The lowest BCUT2D eigenvalue weighted by Gasteiger charge is -2.28. The Morgan fingerprint density at radius 2 is 1.78 bits per heavy atom. The number of hydrogen-bond donors (Lipinski definition) is 2. The second kappa shape index (κ2) is 3.47. The summed E-state index contributed by atoms with van der Waals surface area (Å²) in [6.45, 7) is 2.51. The summed E-state index contributed by atoms with van der Waals surface area (Å²) in [4.78, 5) is 0. The lowest BCUT2D eigenvalue weighted by atomic mass is 10.2. The number of hydrogen-bond acceptors (Lipinski definition) is 1. The Bertz CT molecular complexity index is 77.0. The molecule has 0 aromatic heterocycles. The van der Waals surface area contributed by atoms with Crippen LogP contribution < -0.4 is 5.32 Å². The van der Waals surface area contributed by atoms with Crippen molar-refractivity contribution in [1.82, 2.24) is 5.32 Å². The van der Waals surface area contributed by atoms with Crippen molar-refractivity contribution in [3.8, 4) is 0 Å². The van der Waals surface area contributed by atoms with E-state index in [1.807, 2.05) is 0 Å². The van der Waals surface area contributed by atoms with Gasteiger partial charge in [0.25, 0.3) is 0 Å². The van der Waals surface area contributed by atoms with E-state index >= 15 is 0 Å². The van der Waals surface area contributed by atoms with Crippen LogP contribution in [0.1, 0.15) is 12.8 Å². The van der Waals surface area contributed by atoms with Crippen LogP contribution >= 0.6 is 10.9 Å². The van der Waals surface area contributed by atoms with E-state index in [1.54, 1.807) is 0 Å². The van der Waals surface area contributed by atoms with Gasteiger partial charge in [0, 0.05) is 0 Å². The second-order valence-corrected chi connectivity index (χ2v) is 5.60. The van der Waals surface area contributed by atoms with Gasteiger partial charge >= 0.3 is 0 Å². The molecule has 0 bridgehead atoms. The van der Waals surface area contributed by atoms with Gasteiger partial charge in [-0.2, -0.15) is 0 Å². The van der Waals surface area contributed by atoms with E-state index in [2.05, 4.69) is 17.8 Å². The third kappa shape index (κ3) is 2.18. The van der Waals surface area contributed by atoms with Crippen molar-refractivity contribution in [1.29, 1.82) is 0 Å². The molecule has 1 aliphatic rings. The van der Waals surface area contributed by atoms with Crippen molar-refractivity contribution in [3.63, 3.8) is 0 Å². The van der Waals surface area contributed by atoms with Crippen molar-refractivity contribution >= 4 is 10.9 Å². The normalized spacial score (nSPS) is 24.0. The maximum Gasteiger partial charge on any atom is -0.00390 e. The Labute approximate surface area is 60.6 Å². The third-order valence-corrected chi connectivity index (χ3v) is 4.02. The summed E-state index contributed by atoms with van der Waals surface area (Å²) in [5, 5.41) is 4.44. The van der Waals surface area contributed by atoms with Crippen molar-refractivity contribution < 1.29 is 0 Å². The van der Waals surface area contributed by atoms with Crippen LogP contribution in [0.5, 0.6) is 0 Å². The van der Waals surface area contributed by atoms with Crippen molar-refractivity contribution in [2.75, 3.05) is 25.6 Å². The summed E-state index contributed by atoms with van der Waals surface area (Å²) in [5.74, 6) is 0. The van der Waals surface area contributed by atoms with Gasteiger partial charge < -0.3 is 5.32 Å². The molecule has 1 N–H and O–H groups in total. The minimum atomic E-state index is 0.341. The molecule has 1 rings (SSSR count). The van der Waals surface area contributed by atoms with Crippen LogP contribution in [0.3, 0.4) is 0 Å². The van der Waals surface area contributed by atoms with Gasteiger partial charge in [0.15, 0.2) is 0 Å². The van der Waals surface area contributed by atoms with Crippen molar-refractivity contribution in [2.24, 2.45) is 0 Å². The average Bonchev–Trinajstić information content (AvgIpc) is 1.90. The summed E-state index contributed by atoms with van der Waals surface area (Å²) >= 11 is 0. The second-order valence-electron chi connectivity index (χ2n) is 2.94. The Kier molecular flexibility index (Phi) is 2.86. The highest BCUT2D eigenvalue weighted by Gasteiger charge is 2.13. The van der Waals surface area contributed by atoms with Crippen molar-refractivity contribution in [3.05, 3.63) is 0 Å². The molecule has 0 aromatic rings. The lowest BCUT2D eigenvalue weighted by molar-refractivity contribution is 0.530.